The van der Waals surface area contributed by atoms with Gasteiger partial charge in [0.25, 0.3) is 0 Å². The molecule has 1 unspecified atom stereocenters. The second-order valence-corrected chi connectivity index (χ2v) is 6.82. The molecule has 0 bridgehead atoms. The predicted molar refractivity (Wildman–Crippen MR) is 100 cm³/mol. The van der Waals surface area contributed by atoms with Crippen LogP contribution in [0, 0.1) is 12.7 Å². The van der Waals surface area contributed by atoms with Crippen molar-refractivity contribution in [3.63, 3.8) is 0 Å². The van der Waals surface area contributed by atoms with Crippen LogP contribution in [0.15, 0.2) is 53.7 Å². The molecule has 2 N–H and O–H groups in total. The zero-order chi connectivity index (χ0) is 18.5. The number of thioether (sulfide) groups is 1. The molecule has 0 fully saturated rings. The summed E-state index contributed by atoms with van der Waals surface area (Å²) in [7, 11) is 0. The number of aromatic nitrogens is 3. The topological polar surface area (TPSA) is 70.7 Å². The van der Waals surface area contributed by atoms with Crippen LogP contribution in [0.4, 0.5) is 4.39 Å². The van der Waals surface area contributed by atoms with Crippen LogP contribution in [0.3, 0.4) is 0 Å². The third-order valence-electron chi connectivity index (χ3n) is 3.96. The minimum Gasteiger partial charge on any atom is -0.349 e. The van der Waals surface area contributed by atoms with Crippen molar-refractivity contribution in [3.8, 4) is 11.4 Å². The van der Waals surface area contributed by atoms with E-state index in [1.54, 1.807) is 18.2 Å². The summed E-state index contributed by atoms with van der Waals surface area (Å²) < 4.78 is 13.8. The normalized spacial score (nSPS) is 12.0. The lowest BCUT2D eigenvalue weighted by Crippen LogP contribution is -2.28. The van der Waals surface area contributed by atoms with Crippen LogP contribution in [-0.2, 0) is 4.79 Å². The third-order valence-corrected chi connectivity index (χ3v) is 4.81. The highest BCUT2D eigenvalue weighted by Crippen LogP contribution is 2.22. The number of benzene rings is 2. The number of hydrogen-bond donors (Lipinski definition) is 2. The van der Waals surface area contributed by atoms with Gasteiger partial charge in [-0.05, 0) is 37.1 Å². The van der Waals surface area contributed by atoms with Crippen LogP contribution in [0.1, 0.15) is 24.1 Å². The Morgan fingerprint density at radius 3 is 2.73 bits per heavy atom. The molecule has 0 aliphatic heterocycles. The van der Waals surface area contributed by atoms with Crippen LogP contribution >= 0.6 is 11.8 Å². The second-order valence-electron chi connectivity index (χ2n) is 5.88. The Labute approximate surface area is 155 Å². The van der Waals surface area contributed by atoms with Gasteiger partial charge in [0, 0.05) is 0 Å². The van der Waals surface area contributed by atoms with E-state index in [1.165, 1.54) is 17.8 Å². The largest absolute Gasteiger partial charge is 0.349 e. The Bertz CT molecular complexity index is 912. The first-order valence-corrected chi connectivity index (χ1v) is 9.18. The van der Waals surface area contributed by atoms with Crippen LogP contribution in [-0.4, -0.2) is 26.8 Å². The molecule has 0 aliphatic carbocycles. The Balaban J connectivity index is 1.57. The molecule has 1 heterocycles. The fourth-order valence-electron chi connectivity index (χ4n) is 2.65. The quantitative estimate of drug-likeness (QED) is 0.646. The fraction of sp³-hybridized carbons (Fsp3) is 0.211. The number of amides is 1. The molecule has 1 aromatic heterocycles. The highest BCUT2D eigenvalue weighted by molar-refractivity contribution is 7.99. The first-order chi connectivity index (χ1) is 12.5. The molecule has 26 heavy (non-hydrogen) atoms. The van der Waals surface area contributed by atoms with Gasteiger partial charge in [0.05, 0.1) is 17.4 Å². The molecular weight excluding hydrogens is 351 g/mol. The van der Waals surface area contributed by atoms with Crippen molar-refractivity contribution in [2.24, 2.45) is 0 Å². The van der Waals surface area contributed by atoms with Gasteiger partial charge in [-0.15, -0.1) is 5.10 Å². The Hall–Kier alpha value is -2.67. The van der Waals surface area contributed by atoms with E-state index in [2.05, 4.69) is 20.5 Å². The minimum absolute atomic E-state index is 0.0783. The number of halogens is 1. The zero-order valence-corrected chi connectivity index (χ0v) is 15.3. The highest BCUT2D eigenvalue weighted by atomic mass is 32.2. The number of H-pyrrole nitrogens is 1. The maximum Gasteiger partial charge on any atom is 0.230 e. The lowest BCUT2D eigenvalue weighted by Gasteiger charge is -2.16. The van der Waals surface area contributed by atoms with Crippen molar-refractivity contribution in [2.75, 3.05) is 5.75 Å². The summed E-state index contributed by atoms with van der Waals surface area (Å²) >= 11 is 1.20. The fourth-order valence-corrected chi connectivity index (χ4v) is 3.26. The summed E-state index contributed by atoms with van der Waals surface area (Å²) in [6, 6.07) is 14.2. The maximum absolute atomic E-state index is 13.8. The van der Waals surface area contributed by atoms with Crippen molar-refractivity contribution in [3.05, 3.63) is 65.5 Å². The molecule has 1 atom stereocenters. The first kappa shape index (κ1) is 18.1. The molecular formula is C19H19FN4OS. The number of carbonyl (C=O) groups excluding carboxylic acids is 1. The average Bonchev–Trinajstić information content (AvgIpc) is 3.09. The van der Waals surface area contributed by atoms with E-state index in [1.807, 2.05) is 38.1 Å². The highest BCUT2D eigenvalue weighted by Gasteiger charge is 2.14. The first-order valence-electron chi connectivity index (χ1n) is 8.19. The van der Waals surface area contributed by atoms with E-state index in [0.717, 1.165) is 11.1 Å². The summed E-state index contributed by atoms with van der Waals surface area (Å²) in [4.78, 5) is 16.4. The molecule has 0 aliphatic rings. The molecule has 2 aromatic carbocycles. The molecule has 0 radical (unpaired) electrons. The molecule has 1 amide bonds. The number of carbonyl (C=O) groups is 1. The van der Waals surface area contributed by atoms with Gasteiger partial charge in [-0.1, -0.05) is 48.2 Å². The zero-order valence-electron chi connectivity index (χ0n) is 14.5. The molecule has 0 spiro atoms. The number of rotatable bonds is 6. The van der Waals surface area contributed by atoms with Gasteiger partial charge < -0.3 is 5.32 Å². The van der Waals surface area contributed by atoms with E-state index < -0.39 is 0 Å². The van der Waals surface area contributed by atoms with Crippen LogP contribution in [0.25, 0.3) is 11.4 Å². The smallest absolute Gasteiger partial charge is 0.230 e. The second kappa shape index (κ2) is 8.14. The van der Waals surface area contributed by atoms with Crippen molar-refractivity contribution in [2.45, 2.75) is 25.0 Å². The van der Waals surface area contributed by atoms with Gasteiger partial charge in [0.15, 0.2) is 5.82 Å². The monoisotopic (exact) mass is 370 g/mol. The number of nitrogens with zero attached hydrogens (tertiary/aromatic N) is 2. The Morgan fingerprint density at radius 2 is 1.96 bits per heavy atom. The molecule has 0 saturated heterocycles. The average molecular weight is 370 g/mol. The van der Waals surface area contributed by atoms with E-state index in [-0.39, 0.29) is 23.5 Å². The van der Waals surface area contributed by atoms with Gasteiger partial charge in [-0.25, -0.2) is 9.37 Å². The van der Waals surface area contributed by atoms with Gasteiger partial charge >= 0.3 is 0 Å². The molecule has 3 aromatic rings. The van der Waals surface area contributed by atoms with Gasteiger partial charge in [0.2, 0.25) is 11.1 Å². The number of hydrogen-bond acceptors (Lipinski definition) is 4. The standard InChI is InChI=1S/C19H19FN4OS/c1-12-7-3-4-8-14(12)13(2)21-17(25)11-26-19-22-18(23-24-19)15-9-5-6-10-16(15)20/h3-10,13H,11H2,1-2H3,(H,21,25)(H,22,23,24). The summed E-state index contributed by atoms with van der Waals surface area (Å²) in [5.74, 6) is 0.0532. The SMILES string of the molecule is Cc1ccccc1C(C)NC(=O)CSc1n[nH]c(-c2ccccc2F)n1. The Morgan fingerprint density at radius 1 is 1.23 bits per heavy atom. The predicted octanol–water partition coefficient (Wildman–Crippen LogP) is 3.89. The number of aryl methyl sites for hydroxylation is 1. The molecule has 0 saturated carbocycles. The lowest BCUT2D eigenvalue weighted by molar-refractivity contribution is -0.119. The van der Waals surface area contributed by atoms with Crippen molar-refractivity contribution in [1.82, 2.24) is 20.5 Å². The van der Waals surface area contributed by atoms with E-state index >= 15 is 0 Å². The molecule has 134 valence electrons. The lowest BCUT2D eigenvalue weighted by atomic mass is 10.0. The van der Waals surface area contributed by atoms with Crippen molar-refractivity contribution in [1.29, 1.82) is 0 Å². The summed E-state index contributed by atoms with van der Waals surface area (Å²) in [6.07, 6.45) is 0. The van der Waals surface area contributed by atoms with Crippen LogP contribution in [0.5, 0.6) is 0 Å². The number of aromatic amines is 1. The Kier molecular flexibility index (Phi) is 5.68. The van der Waals surface area contributed by atoms with E-state index in [9.17, 15) is 9.18 Å². The number of nitrogens with one attached hydrogen (secondary N) is 2. The van der Waals surface area contributed by atoms with Crippen LogP contribution in [0.2, 0.25) is 0 Å². The van der Waals surface area contributed by atoms with Gasteiger partial charge in [0.1, 0.15) is 5.82 Å². The third kappa shape index (κ3) is 4.29. The summed E-state index contributed by atoms with van der Waals surface area (Å²) in [5.41, 5.74) is 2.58. The molecule has 3 rings (SSSR count). The van der Waals surface area contributed by atoms with E-state index in [4.69, 9.17) is 0 Å². The van der Waals surface area contributed by atoms with Crippen molar-refractivity contribution < 1.29 is 9.18 Å². The molecule has 7 heteroatoms. The van der Waals surface area contributed by atoms with Crippen molar-refractivity contribution >= 4 is 17.7 Å². The minimum atomic E-state index is -0.370. The van der Waals surface area contributed by atoms with Gasteiger partial charge in [-0.2, -0.15) is 0 Å². The summed E-state index contributed by atoms with van der Waals surface area (Å²) in [6.45, 7) is 3.97. The van der Waals surface area contributed by atoms with Gasteiger partial charge in [-0.3, -0.25) is 9.89 Å². The maximum atomic E-state index is 13.8. The van der Waals surface area contributed by atoms with Crippen LogP contribution < -0.4 is 5.32 Å². The molecule has 5 nitrogen and oxygen atoms in total. The summed E-state index contributed by atoms with van der Waals surface area (Å²) in [5, 5.41) is 10.1. The van der Waals surface area contributed by atoms with E-state index in [0.29, 0.717) is 16.5 Å².